The molecular formula is C15H25NO2. The monoisotopic (exact) mass is 251 g/mol. The summed E-state index contributed by atoms with van der Waals surface area (Å²) in [5.41, 5.74) is 0. The Bertz CT molecular complexity index is 315. The summed E-state index contributed by atoms with van der Waals surface area (Å²) in [4.78, 5) is 0. The number of hydrogen-bond donors (Lipinski definition) is 2. The maximum Gasteiger partial charge on any atom is 0.133 e. The average molecular weight is 251 g/mol. The maximum absolute atomic E-state index is 9.92. The van der Waals surface area contributed by atoms with Gasteiger partial charge < -0.3 is 14.8 Å². The highest BCUT2D eigenvalue weighted by Gasteiger charge is 2.21. The van der Waals surface area contributed by atoms with Crippen LogP contribution >= 0.6 is 0 Å². The van der Waals surface area contributed by atoms with Crippen LogP contribution in [0.5, 0.6) is 0 Å². The van der Waals surface area contributed by atoms with Crippen LogP contribution < -0.4 is 5.32 Å². The zero-order valence-electron chi connectivity index (χ0n) is 11.3. The van der Waals surface area contributed by atoms with Gasteiger partial charge >= 0.3 is 0 Å². The molecule has 1 aromatic heterocycles. The topological polar surface area (TPSA) is 45.4 Å². The zero-order chi connectivity index (χ0) is 12.8. The second-order valence-electron chi connectivity index (χ2n) is 5.45. The molecule has 0 radical (unpaired) electrons. The highest BCUT2D eigenvalue weighted by molar-refractivity contribution is 5.02. The van der Waals surface area contributed by atoms with Gasteiger partial charge in [0, 0.05) is 12.6 Å². The first-order valence-electron chi connectivity index (χ1n) is 7.24. The molecule has 1 fully saturated rings. The summed E-state index contributed by atoms with van der Waals surface area (Å²) in [5.74, 6) is 1.59. The van der Waals surface area contributed by atoms with Crippen molar-refractivity contribution in [2.24, 2.45) is 5.92 Å². The minimum atomic E-state index is -0.520. The first-order chi connectivity index (χ1) is 8.79. The normalized spacial score (nSPS) is 26.1. The molecule has 0 bridgehead atoms. The molecule has 3 heteroatoms. The predicted octanol–water partition coefficient (Wildman–Crippen LogP) is 3.26. The predicted molar refractivity (Wildman–Crippen MR) is 72.3 cm³/mol. The number of aliphatic hydroxyl groups excluding tert-OH is 1. The fourth-order valence-electron chi connectivity index (χ4n) is 2.92. The van der Waals surface area contributed by atoms with Crippen molar-refractivity contribution >= 4 is 0 Å². The largest absolute Gasteiger partial charge is 0.467 e. The van der Waals surface area contributed by atoms with E-state index in [2.05, 4.69) is 12.2 Å². The molecule has 1 aliphatic rings. The van der Waals surface area contributed by atoms with E-state index in [0.717, 1.165) is 5.92 Å². The van der Waals surface area contributed by atoms with E-state index < -0.39 is 6.10 Å². The van der Waals surface area contributed by atoms with Gasteiger partial charge in [-0.2, -0.15) is 0 Å². The summed E-state index contributed by atoms with van der Waals surface area (Å²) >= 11 is 0. The van der Waals surface area contributed by atoms with Gasteiger partial charge in [0.25, 0.3) is 0 Å². The minimum absolute atomic E-state index is 0.520. The van der Waals surface area contributed by atoms with Crippen LogP contribution in [0.1, 0.15) is 57.3 Å². The van der Waals surface area contributed by atoms with Crippen molar-refractivity contribution < 1.29 is 9.52 Å². The van der Waals surface area contributed by atoms with Crippen LogP contribution in [0.2, 0.25) is 0 Å². The molecule has 0 spiro atoms. The van der Waals surface area contributed by atoms with Gasteiger partial charge in [-0.05, 0) is 43.7 Å². The van der Waals surface area contributed by atoms with Gasteiger partial charge in [-0.15, -0.1) is 0 Å². The summed E-state index contributed by atoms with van der Waals surface area (Å²) in [6.45, 7) is 2.86. The molecule has 1 atom stereocenters. The molecule has 3 nitrogen and oxygen atoms in total. The second-order valence-corrected chi connectivity index (χ2v) is 5.45. The maximum atomic E-state index is 9.92. The standard InChI is InChI=1S/C15H25NO2/c1-2-4-12-6-8-13(9-7-12)16-11-14(17)15-5-3-10-18-15/h3,5,10,12-14,16-17H,2,4,6-9,11H2,1H3. The van der Waals surface area contributed by atoms with E-state index in [0.29, 0.717) is 18.3 Å². The van der Waals surface area contributed by atoms with Crippen molar-refractivity contribution in [2.45, 2.75) is 57.6 Å². The number of furan rings is 1. The Balaban J connectivity index is 1.66. The van der Waals surface area contributed by atoms with Crippen molar-refractivity contribution in [1.82, 2.24) is 5.32 Å². The SMILES string of the molecule is CCCC1CCC(NCC(O)c2ccco2)CC1. The third-order valence-corrected chi connectivity index (χ3v) is 4.02. The molecule has 1 unspecified atom stereocenters. The van der Waals surface area contributed by atoms with E-state index in [4.69, 9.17) is 4.42 Å². The number of aliphatic hydroxyl groups is 1. The molecule has 1 heterocycles. The van der Waals surface area contributed by atoms with Crippen molar-refractivity contribution in [1.29, 1.82) is 0 Å². The molecular weight excluding hydrogens is 226 g/mol. The van der Waals surface area contributed by atoms with Gasteiger partial charge in [-0.25, -0.2) is 0 Å². The Labute approximate surface area is 110 Å². The van der Waals surface area contributed by atoms with Gasteiger partial charge in [-0.3, -0.25) is 0 Å². The van der Waals surface area contributed by atoms with Gasteiger partial charge in [-0.1, -0.05) is 19.8 Å². The van der Waals surface area contributed by atoms with E-state index in [9.17, 15) is 5.11 Å². The molecule has 1 aromatic rings. The third-order valence-electron chi connectivity index (χ3n) is 4.02. The Kier molecular flexibility index (Phi) is 5.26. The molecule has 2 rings (SSSR count). The number of hydrogen-bond acceptors (Lipinski definition) is 3. The number of nitrogens with one attached hydrogen (secondary N) is 1. The highest BCUT2D eigenvalue weighted by Crippen LogP contribution is 2.27. The average Bonchev–Trinajstić information content (AvgIpc) is 2.92. The van der Waals surface area contributed by atoms with Crippen molar-refractivity contribution in [3.8, 4) is 0 Å². The molecule has 0 aliphatic heterocycles. The van der Waals surface area contributed by atoms with Crippen LogP contribution in [-0.4, -0.2) is 17.7 Å². The summed E-state index contributed by atoms with van der Waals surface area (Å²) in [6, 6.07) is 4.21. The molecule has 102 valence electrons. The summed E-state index contributed by atoms with van der Waals surface area (Å²) in [6.07, 6.45) is 8.93. The smallest absolute Gasteiger partial charge is 0.133 e. The van der Waals surface area contributed by atoms with E-state index in [-0.39, 0.29) is 0 Å². The first-order valence-corrected chi connectivity index (χ1v) is 7.24. The third kappa shape index (κ3) is 3.85. The van der Waals surface area contributed by atoms with E-state index in [1.54, 1.807) is 6.26 Å². The van der Waals surface area contributed by atoms with E-state index in [1.165, 1.54) is 38.5 Å². The Morgan fingerprint density at radius 3 is 2.78 bits per heavy atom. The number of rotatable bonds is 6. The fourth-order valence-corrected chi connectivity index (χ4v) is 2.92. The lowest BCUT2D eigenvalue weighted by Gasteiger charge is -2.29. The summed E-state index contributed by atoms with van der Waals surface area (Å²) < 4.78 is 5.19. The zero-order valence-corrected chi connectivity index (χ0v) is 11.3. The van der Waals surface area contributed by atoms with Gasteiger partial charge in [0.15, 0.2) is 0 Å². The van der Waals surface area contributed by atoms with Crippen LogP contribution in [0, 0.1) is 5.92 Å². The first kappa shape index (κ1) is 13.6. The van der Waals surface area contributed by atoms with E-state index >= 15 is 0 Å². The molecule has 0 aromatic carbocycles. The van der Waals surface area contributed by atoms with Crippen molar-refractivity contribution in [3.05, 3.63) is 24.2 Å². The molecule has 2 N–H and O–H groups in total. The minimum Gasteiger partial charge on any atom is -0.467 e. The molecule has 18 heavy (non-hydrogen) atoms. The molecule has 1 aliphatic carbocycles. The van der Waals surface area contributed by atoms with Crippen LogP contribution in [-0.2, 0) is 0 Å². The fraction of sp³-hybridized carbons (Fsp3) is 0.733. The lowest BCUT2D eigenvalue weighted by atomic mass is 9.83. The van der Waals surface area contributed by atoms with Gasteiger partial charge in [0.05, 0.1) is 6.26 Å². The van der Waals surface area contributed by atoms with Crippen molar-refractivity contribution in [2.75, 3.05) is 6.54 Å². The van der Waals surface area contributed by atoms with E-state index in [1.807, 2.05) is 12.1 Å². The molecule has 0 amide bonds. The second kappa shape index (κ2) is 6.95. The Morgan fingerprint density at radius 2 is 2.17 bits per heavy atom. The van der Waals surface area contributed by atoms with Crippen LogP contribution in [0.15, 0.2) is 22.8 Å². The lowest BCUT2D eigenvalue weighted by molar-refractivity contribution is 0.137. The van der Waals surface area contributed by atoms with Gasteiger partial charge in [0.2, 0.25) is 0 Å². The molecule has 0 saturated heterocycles. The molecule has 1 saturated carbocycles. The van der Waals surface area contributed by atoms with Crippen LogP contribution in [0.4, 0.5) is 0 Å². The highest BCUT2D eigenvalue weighted by atomic mass is 16.4. The lowest BCUT2D eigenvalue weighted by Crippen LogP contribution is -2.35. The quantitative estimate of drug-likeness (QED) is 0.815. The Hall–Kier alpha value is -0.800. The summed E-state index contributed by atoms with van der Waals surface area (Å²) in [5, 5.41) is 13.4. The van der Waals surface area contributed by atoms with Crippen LogP contribution in [0.3, 0.4) is 0 Å². The Morgan fingerprint density at radius 1 is 1.39 bits per heavy atom. The van der Waals surface area contributed by atoms with Gasteiger partial charge in [0.1, 0.15) is 11.9 Å². The van der Waals surface area contributed by atoms with Crippen molar-refractivity contribution in [3.63, 3.8) is 0 Å². The van der Waals surface area contributed by atoms with Crippen LogP contribution in [0.25, 0.3) is 0 Å². The summed E-state index contributed by atoms with van der Waals surface area (Å²) in [7, 11) is 0.